The first kappa shape index (κ1) is 13.0. The molecule has 0 fully saturated rings. The predicted octanol–water partition coefficient (Wildman–Crippen LogP) is 3.24. The molecule has 0 spiro atoms. The fourth-order valence-electron chi connectivity index (χ4n) is 2.49. The van der Waals surface area contributed by atoms with Crippen molar-refractivity contribution in [1.82, 2.24) is 4.90 Å². The Morgan fingerprint density at radius 1 is 1.15 bits per heavy atom. The summed E-state index contributed by atoms with van der Waals surface area (Å²) < 4.78 is 0. The number of phenolic OH excluding ortho intramolecular Hbond substituents is 1. The minimum Gasteiger partial charge on any atom is -0.506 e. The average Bonchev–Trinajstić information content (AvgIpc) is 2.49. The minimum atomic E-state index is -0.0543. The van der Waals surface area contributed by atoms with Crippen LogP contribution in [0, 0.1) is 0 Å². The van der Waals surface area contributed by atoms with Crippen LogP contribution < -0.4 is 0 Å². The summed E-state index contributed by atoms with van der Waals surface area (Å²) in [5.41, 5.74) is 3.00. The molecule has 2 aromatic carbocycles. The Bertz CT molecular complexity index is 669. The van der Waals surface area contributed by atoms with E-state index in [4.69, 9.17) is 11.6 Å². The molecule has 0 aromatic heterocycles. The largest absolute Gasteiger partial charge is 0.506 e. The highest BCUT2D eigenvalue weighted by atomic mass is 35.5. The lowest BCUT2D eigenvalue weighted by molar-refractivity contribution is 0.0734. The van der Waals surface area contributed by atoms with E-state index in [1.807, 2.05) is 17.0 Å². The fraction of sp³-hybridized carbons (Fsp3) is 0.188. The van der Waals surface area contributed by atoms with Crippen molar-refractivity contribution in [2.24, 2.45) is 0 Å². The maximum atomic E-state index is 12.5. The maximum absolute atomic E-state index is 12.5. The Balaban J connectivity index is 1.84. The zero-order chi connectivity index (χ0) is 14.1. The van der Waals surface area contributed by atoms with Crippen LogP contribution in [0.15, 0.2) is 42.5 Å². The Kier molecular flexibility index (Phi) is 3.36. The van der Waals surface area contributed by atoms with Crippen molar-refractivity contribution >= 4 is 17.5 Å². The summed E-state index contributed by atoms with van der Waals surface area (Å²) in [4.78, 5) is 14.3. The number of halogens is 1. The van der Waals surface area contributed by atoms with Gasteiger partial charge in [-0.05, 0) is 35.7 Å². The molecule has 0 unspecified atom stereocenters. The third-order valence-electron chi connectivity index (χ3n) is 3.61. The van der Waals surface area contributed by atoms with Crippen LogP contribution >= 0.6 is 11.6 Å². The number of rotatable bonds is 1. The van der Waals surface area contributed by atoms with Crippen LogP contribution in [0.2, 0.25) is 5.02 Å². The van der Waals surface area contributed by atoms with Gasteiger partial charge in [0.25, 0.3) is 5.91 Å². The van der Waals surface area contributed by atoms with E-state index in [9.17, 15) is 9.90 Å². The lowest BCUT2D eigenvalue weighted by Crippen LogP contribution is -2.35. The molecule has 1 aliphatic rings. The summed E-state index contributed by atoms with van der Waals surface area (Å²) in [5, 5.41) is 9.61. The molecule has 0 radical (unpaired) electrons. The number of aromatic hydroxyl groups is 1. The topological polar surface area (TPSA) is 40.5 Å². The van der Waals surface area contributed by atoms with Crippen molar-refractivity contribution in [3.8, 4) is 5.75 Å². The molecule has 0 saturated carbocycles. The molecule has 0 bridgehead atoms. The number of carbonyl (C=O) groups is 1. The lowest BCUT2D eigenvalue weighted by Gasteiger charge is -2.29. The zero-order valence-electron chi connectivity index (χ0n) is 10.8. The molecule has 0 atom stereocenters. The summed E-state index contributed by atoms with van der Waals surface area (Å²) in [6, 6.07) is 12.7. The van der Waals surface area contributed by atoms with E-state index < -0.39 is 0 Å². The normalized spacial score (nSPS) is 13.9. The average molecular weight is 288 g/mol. The summed E-state index contributed by atoms with van der Waals surface area (Å²) in [7, 11) is 0. The van der Waals surface area contributed by atoms with Gasteiger partial charge in [-0.25, -0.2) is 0 Å². The van der Waals surface area contributed by atoms with Crippen LogP contribution in [0.4, 0.5) is 0 Å². The van der Waals surface area contributed by atoms with Gasteiger partial charge in [-0.2, -0.15) is 0 Å². The molecular formula is C16H14ClNO2. The molecule has 3 nitrogen and oxygen atoms in total. The van der Waals surface area contributed by atoms with E-state index in [1.54, 1.807) is 6.07 Å². The zero-order valence-corrected chi connectivity index (χ0v) is 11.6. The molecule has 0 saturated heterocycles. The molecule has 4 heteroatoms. The van der Waals surface area contributed by atoms with Crippen LogP contribution in [0.3, 0.4) is 0 Å². The van der Waals surface area contributed by atoms with Crippen molar-refractivity contribution in [1.29, 1.82) is 0 Å². The Morgan fingerprint density at radius 3 is 2.65 bits per heavy atom. The molecule has 102 valence electrons. The number of nitrogens with zero attached hydrogens (tertiary/aromatic N) is 1. The summed E-state index contributed by atoms with van der Waals surface area (Å²) in [6.45, 7) is 1.32. The molecule has 1 amide bonds. The van der Waals surface area contributed by atoms with Crippen LogP contribution in [0.1, 0.15) is 21.5 Å². The summed E-state index contributed by atoms with van der Waals surface area (Å²) in [5.74, 6) is -0.0615. The standard InChI is InChI=1S/C16H14ClNO2/c17-14-9-12(5-6-15(14)19)16(20)18-8-7-11-3-1-2-4-13(11)10-18/h1-6,9,19H,7-8,10H2. The van der Waals surface area contributed by atoms with Gasteiger partial charge in [0.15, 0.2) is 0 Å². The van der Waals surface area contributed by atoms with Crippen molar-refractivity contribution in [2.45, 2.75) is 13.0 Å². The highest BCUT2D eigenvalue weighted by Gasteiger charge is 2.21. The monoisotopic (exact) mass is 287 g/mol. The molecule has 1 aliphatic heterocycles. The molecule has 20 heavy (non-hydrogen) atoms. The predicted molar refractivity (Wildman–Crippen MR) is 78.0 cm³/mol. The quantitative estimate of drug-likeness (QED) is 0.875. The molecule has 1 N–H and O–H groups in total. The van der Waals surface area contributed by atoms with Crippen LogP contribution in [0.5, 0.6) is 5.75 Å². The van der Waals surface area contributed by atoms with Crippen LogP contribution in [-0.4, -0.2) is 22.5 Å². The van der Waals surface area contributed by atoms with Crippen molar-refractivity contribution in [2.75, 3.05) is 6.54 Å². The molecule has 0 aliphatic carbocycles. The van der Waals surface area contributed by atoms with Crippen molar-refractivity contribution in [3.05, 3.63) is 64.2 Å². The van der Waals surface area contributed by atoms with Crippen molar-refractivity contribution < 1.29 is 9.90 Å². The Hall–Kier alpha value is -2.00. The summed E-state index contributed by atoms with van der Waals surface area (Å²) in [6.07, 6.45) is 0.869. The second-order valence-corrected chi connectivity index (χ2v) is 5.32. The highest BCUT2D eigenvalue weighted by Crippen LogP contribution is 2.26. The number of carbonyl (C=O) groups excluding carboxylic acids is 1. The van der Waals surface area contributed by atoms with Crippen molar-refractivity contribution in [3.63, 3.8) is 0 Å². The van der Waals surface area contributed by atoms with E-state index >= 15 is 0 Å². The third-order valence-corrected chi connectivity index (χ3v) is 3.92. The minimum absolute atomic E-state index is 0.00722. The van der Waals surface area contributed by atoms with Crippen LogP contribution in [-0.2, 0) is 13.0 Å². The second kappa shape index (κ2) is 5.17. The second-order valence-electron chi connectivity index (χ2n) is 4.91. The Morgan fingerprint density at radius 2 is 1.90 bits per heavy atom. The summed E-state index contributed by atoms with van der Waals surface area (Å²) >= 11 is 5.86. The van der Waals surface area contributed by atoms with Crippen LogP contribution in [0.25, 0.3) is 0 Å². The van der Waals surface area contributed by atoms with Gasteiger partial charge in [0.05, 0.1) is 5.02 Å². The van der Waals surface area contributed by atoms with E-state index in [-0.39, 0.29) is 16.7 Å². The molecule has 3 rings (SSSR count). The van der Waals surface area contributed by atoms with E-state index in [2.05, 4.69) is 12.1 Å². The molecular weight excluding hydrogens is 274 g/mol. The number of fused-ring (bicyclic) bond motifs is 1. The lowest BCUT2D eigenvalue weighted by atomic mass is 9.99. The first-order valence-corrected chi connectivity index (χ1v) is 6.87. The van der Waals surface area contributed by atoms with E-state index in [0.29, 0.717) is 18.7 Å². The SMILES string of the molecule is O=C(c1ccc(O)c(Cl)c1)N1CCc2ccccc2C1. The van der Waals surface area contributed by atoms with Gasteiger partial charge in [-0.3, -0.25) is 4.79 Å². The van der Waals surface area contributed by atoms with Gasteiger partial charge >= 0.3 is 0 Å². The number of hydrogen-bond donors (Lipinski definition) is 1. The Labute approximate surface area is 122 Å². The number of amides is 1. The van der Waals surface area contributed by atoms with Gasteiger partial charge in [-0.1, -0.05) is 35.9 Å². The third kappa shape index (κ3) is 2.37. The highest BCUT2D eigenvalue weighted by molar-refractivity contribution is 6.32. The number of benzene rings is 2. The van der Waals surface area contributed by atoms with Gasteiger partial charge in [0.1, 0.15) is 5.75 Å². The smallest absolute Gasteiger partial charge is 0.254 e. The number of phenols is 1. The molecule has 2 aromatic rings. The molecule has 1 heterocycles. The maximum Gasteiger partial charge on any atom is 0.254 e. The van der Waals surface area contributed by atoms with Gasteiger partial charge in [-0.15, -0.1) is 0 Å². The van der Waals surface area contributed by atoms with Gasteiger partial charge < -0.3 is 10.0 Å². The first-order chi connectivity index (χ1) is 9.65. The van der Waals surface area contributed by atoms with E-state index in [0.717, 1.165) is 6.42 Å². The van der Waals surface area contributed by atoms with Gasteiger partial charge in [0.2, 0.25) is 0 Å². The fourth-order valence-corrected chi connectivity index (χ4v) is 2.67. The number of hydrogen-bond acceptors (Lipinski definition) is 2. The van der Waals surface area contributed by atoms with Gasteiger partial charge in [0, 0.05) is 18.7 Å². The first-order valence-electron chi connectivity index (χ1n) is 6.50. The van der Waals surface area contributed by atoms with E-state index in [1.165, 1.54) is 23.3 Å².